The Hall–Kier alpha value is -3.86. The number of H-pyrrole nitrogens is 2. The average Bonchev–Trinajstić information content (AvgIpc) is 3.19. The molecule has 10 nitrogen and oxygen atoms in total. The van der Waals surface area contributed by atoms with Crippen molar-refractivity contribution in [1.82, 2.24) is 15.3 Å². The first kappa shape index (κ1) is 18.9. The van der Waals surface area contributed by atoms with Crippen molar-refractivity contribution in [2.45, 2.75) is 19.8 Å². The topological polar surface area (TPSA) is 133 Å². The minimum absolute atomic E-state index is 0.131. The van der Waals surface area contributed by atoms with E-state index in [9.17, 15) is 9.59 Å². The van der Waals surface area contributed by atoms with E-state index in [1.54, 1.807) is 6.07 Å². The van der Waals surface area contributed by atoms with Gasteiger partial charge in [0.05, 0.1) is 11.5 Å². The molecule has 2 aromatic rings. The van der Waals surface area contributed by atoms with Crippen LogP contribution in [0.2, 0.25) is 0 Å². The average molecular weight is 448 g/mol. The molecule has 160 valence electrons. The second-order valence-electron chi connectivity index (χ2n) is 7.85. The van der Waals surface area contributed by atoms with Crippen molar-refractivity contribution >= 4 is 40.4 Å². The molecule has 1 aromatic heterocycles. The number of amidine groups is 1. The van der Waals surface area contributed by atoms with Crippen molar-refractivity contribution in [1.29, 1.82) is 0 Å². The molecule has 2 atom stereocenters. The van der Waals surface area contributed by atoms with E-state index in [2.05, 4.69) is 25.3 Å². The van der Waals surface area contributed by atoms with Gasteiger partial charge in [0.25, 0.3) is 5.56 Å². The molecule has 0 radical (unpaired) electrons. The zero-order valence-corrected chi connectivity index (χ0v) is 17.8. The summed E-state index contributed by atoms with van der Waals surface area (Å²) in [6, 6.07) is 5.50. The van der Waals surface area contributed by atoms with E-state index in [4.69, 9.17) is 26.7 Å². The predicted octanol–water partition coefficient (Wildman–Crippen LogP) is 1.66. The minimum atomic E-state index is -0.632. The third kappa shape index (κ3) is 2.64. The minimum Gasteiger partial charge on any atom is -0.454 e. The van der Waals surface area contributed by atoms with E-state index in [0.29, 0.717) is 33.6 Å². The number of allylic oxidation sites excluding steroid dienone is 1. The summed E-state index contributed by atoms with van der Waals surface area (Å²) >= 11 is 5.36. The second kappa shape index (κ2) is 6.57. The van der Waals surface area contributed by atoms with Crippen molar-refractivity contribution in [3.05, 3.63) is 61.4 Å². The number of benzene rings is 1. The smallest absolute Gasteiger partial charge is 0.327 e. The van der Waals surface area contributed by atoms with Gasteiger partial charge in [-0.3, -0.25) is 14.8 Å². The highest BCUT2D eigenvalue weighted by molar-refractivity contribution is 7.80. The number of aromatic amines is 2. The fraction of sp³-hybridized carbons (Fsp3) is 0.238. The Morgan fingerprint density at radius 3 is 2.62 bits per heavy atom. The number of aliphatic imine (C=N–C) groups is 3. The van der Waals surface area contributed by atoms with E-state index in [1.807, 2.05) is 26.0 Å². The molecular weight excluding hydrogens is 432 g/mol. The van der Waals surface area contributed by atoms with Crippen LogP contribution in [-0.2, 0) is 0 Å². The molecule has 5 heterocycles. The highest BCUT2D eigenvalue weighted by atomic mass is 32.1. The number of dihydropyridines is 1. The summed E-state index contributed by atoms with van der Waals surface area (Å²) in [5.41, 5.74) is 3.03. The lowest BCUT2D eigenvalue weighted by molar-refractivity contribution is 0.174. The molecule has 32 heavy (non-hydrogen) atoms. The number of aromatic nitrogens is 2. The van der Waals surface area contributed by atoms with Gasteiger partial charge in [-0.2, -0.15) is 0 Å². The monoisotopic (exact) mass is 448 g/mol. The summed E-state index contributed by atoms with van der Waals surface area (Å²) in [4.78, 5) is 43.6. The summed E-state index contributed by atoms with van der Waals surface area (Å²) in [5.74, 6) is 1.01. The van der Waals surface area contributed by atoms with E-state index in [1.165, 1.54) is 0 Å². The zero-order valence-electron chi connectivity index (χ0n) is 17.0. The third-order valence-electron chi connectivity index (χ3n) is 5.94. The van der Waals surface area contributed by atoms with Crippen LogP contribution in [-0.4, -0.2) is 39.1 Å². The van der Waals surface area contributed by atoms with Crippen molar-refractivity contribution < 1.29 is 9.47 Å². The fourth-order valence-corrected chi connectivity index (χ4v) is 4.94. The lowest BCUT2D eigenvalue weighted by Gasteiger charge is -2.36. The first-order valence-electron chi connectivity index (χ1n) is 9.91. The van der Waals surface area contributed by atoms with Gasteiger partial charge in [0.15, 0.2) is 22.4 Å². The van der Waals surface area contributed by atoms with Gasteiger partial charge in [-0.05, 0) is 43.8 Å². The normalized spacial score (nSPS) is 22.8. The number of hydrogen-bond donors (Lipinski definition) is 3. The summed E-state index contributed by atoms with van der Waals surface area (Å²) in [6.45, 7) is 3.92. The van der Waals surface area contributed by atoms with Gasteiger partial charge in [-0.25, -0.2) is 19.8 Å². The maximum absolute atomic E-state index is 13.0. The van der Waals surface area contributed by atoms with Crippen molar-refractivity contribution in [3.63, 3.8) is 0 Å². The van der Waals surface area contributed by atoms with Crippen LogP contribution >= 0.6 is 12.2 Å². The Bertz CT molecular complexity index is 1480. The largest absolute Gasteiger partial charge is 0.454 e. The number of ether oxygens (including phenoxy) is 2. The number of hydrogen-bond acceptors (Lipinski definition) is 7. The van der Waals surface area contributed by atoms with Crippen LogP contribution < -0.4 is 26.0 Å². The molecule has 0 saturated heterocycles. The Morgan fingerprint density at radius 2 is 1.78 bits per heavy atom. The van der Waals surface area contributed by atoms with E-state index in [-0.39, 0.29) is 18.5 Å². The Balaban J connectivity index is 1.69. The molecule has 3 N–H and O–H groups in total. The third-order valence-corrected chi connectivity index (χ3v) is 6.13. The maximum Gasteiger partial charge on any atom is 0.327 e. The van der Waals surface area contributed by atoms with Gasteiger partial charge >= 0.3 is 5.69 Å². The van der Waals surface area contributed by atoms with Gasteiger partial charge in [-0.1, -0.05) is 6.07 Å². The van der Waals surface area contributed by atoms with Crippen molar-refractivity contribution in [2.75, 3.05) is 6.79 Å². The zero-order chi connectivity index (χ0) is 22.1. The molecule has 0 bridgehead atoms. The van der Waals surface area contributed by atoms with Crippen LogP contribution in [0, 0.1) is 5.92 Å². The van der Waals surface area contributed by atoms with Crippen LogP contribution in [0.1, 0.15) is 30.9 Å². The van der Waals surface area contributed by atoms with Crippen LogP contribution in [0.4, 0.5) is 5.82 Å². The lowest BCUT2D eigenvalue weighted by Crippen LogP contribution is -2.44. The van der Waals surface area contributed by atoms with Gasteiger partial charge in [0.1, 0.15) is 5.82 Å². The molecule has 0 amide bonds. The molecule has 1 aromatic carbocycles. The van der Waals surface area contributed by atoms with Gasteiger partial charge in [-0.15, -0.1) is 0 Å². The molecule has 0 aliphatic carbocycles. The number of nitrogens with zero attached hydrogens (tertiary/aromatic N) is 3. The van der Waals surface area contributed by atoms with Crippen LogP contribution in [0.3, 0.4) is 0 Å². The molecular formula is C21H16N6O4S. The Morgan fingerprint density at radius 1 is 1.00 bits per heavy atom. The van der Waals surface area contributed by atoms with Crippen LogP contribution in [0.5, 0.6) is 11.5 Å². The van der Waals surface area contributed by atoms with Crippen molar-refractivity contribution in [2.24, 2.45) is 20.9 Å². The molecule has 4 aliphatic heterocycles. The lowest BCUT2D eigenvalue weighted by atomic mass is 9.77. The fourth-order valence-electron chi connectivity index (χ4n) is 4.68. The maximum atomic E-state index is 13.0. The molecule has 0 fully saturated rings. The second-order valence-corrected chi connectivity index (χ2v) is 8.24. The summed E-state index contributed by atoms with van der Waals surface area (Å²) in [7, 11) is 0. The number of fused-ring (bicyclic) bond motifs is 4. The van der Waals surface area contributed by atoms with E-state index in [0.717, 1.165) is 22.7 Å². The van der Waals surface area contributed by atoms with Crippen LogP contribution in [0.25, 0.3) is 0 Å². The molecule has 2 unspecified atom stereocenters. The molecule has 6 rings (SSSR count). The molecule has 4 aliphatic rings. The van der Waals surface area contributed by atoms with Gasteiger partial charge in [0, 0.05) is 28.6 Å². The highest BCUT2D eigenvalue weighted by Gasteiger charge is 2.42. The molecule has 11 heteroatoms. The molecule has 0 saturated carbocycles. The Kier molecular flexibility index (Phi) is 3.87. The van der Waals surface area contributed by atoms with Gasteiger partial charge < -0.3 is 14.8 Å². The summed E-state index contributed by atoms with van der Waals surface area (Å²) < 4.78 is 11.0. The number of thiocarbonyl (C=S) groups is 1. The van der Waals surface area contributed by atoms with Gasteiger partial charge in [0.2, 0.25) is 6.79 Å². The molecule has 0 spiro atoms. The number of nitrogens with one attached hydrogen (secondary N) is 3. The Labute approximate surface area is 185 Å². The summed E-state index contributed by atoms with van der Waals surface area (Å²) in [5, 5.41) is 3.55. The summed E-state index contributed by atoms with van der Waals surface area (Å²) in [6.07, 6.45) is 0. The standard InChI is InChI=1S/C21H16N6O4S/c1-7-12-8(2)23-21(32)24-16(12)14-13(9-3-4-10-11(5-9)31-6-30-10)15-18(25-17(14)22-7)26-20(29)27-19(15)28/h3-5,12-13H,6H2,1-2H3,(H,24,32)(H2,26,27,28,29). The van der Waals surface area contributed by atoms with E-state index < -0.39 is 17.2 Å². The SMILES string of the molecule is CC1=NC(=S)NC2=C3C(=Nc4[nH]c(=O)[nH]c(=O)c4C3c3ccc4c(c3)OCO4)N=C(C)C12. The first-order chi connectivity index (χ1) is 15.4. The predicted molar refractivity (Wildman–Crippen MR) is 122 cm³/mol. The van der Waals surface area contributed by atoms with Crippen LogP contribution in [0.15, 0.2) is 54.0 Å². The highest BCUT2D eigenvalue weighted by Crippen LogP contribution is 2.46. The number of rotatable bonds is 1. The quantitative estimate of drug-likeness (QED) is 0.568. The van der Waals surface area contributed by atoms with Crippen molar-refractivity contribution in [3.8, 4) is 11.5 Å². The first-order valence-corrected chi connectivity index (χ1v) is 10.3. The van der Waals surface area contributed by atoms with E-state index >= 15 is 0 Å².